The normalized spacial score (nSPS) is 10.3. The zero-order chi connectivity index (χ0) is 15.8. The highest BCUT2D eigenvalue weighted by Gasteiger charge is 2.04. The maximum atomic E-state index is 4.09. The molecule has 0 amide bonds. The molecule has 21 heavy (non-hydrogen) atoms. The Balaban J connectivity index is 3.09. The Morgan fingerprint density at radius 1 is 1.24 bits per heavy atom. The zero-order valence-electron chi connectivity index (χ0n) is 13.0. The summed E-state index contributed by atoms with van der Waals surface area (Å²) in [5, 5.41) is 0. The van der Waals surface area contributed by atoms with E-state index in [1.807, 2.05) is 19.1 Å². The third-order valence-electron chi connectivity index (χ3n) is 3.26. The maximum Gasteiger partial charge on any atom is 0.0270 e. The predicted molar refractivity (Wildman–Crippen MR) is 95.8 cm³/mol. The van der Waals surface area contributed by atoms with Crippen LogP contribution in [0.25, 0.3) is 12.2 Å². The van der Waals surface area contributed by atoms with Gasteiger partial charge in [-0.15, -0.1) is 6.58 Å². The second kappa shape index (κ2) is 7.92. The molecule has 0 unspecified atom stereocenters. The van der Waals surface area contributed by atoms with Gasteiger partial charge in [-0.25, -0.2) is 0 Å². The maximum absolute atomic E-state index is 4.09. The van der Waals surface area contributed by atoms with E-state index in [1.165, 1.54) is 5.56 Å². The molecule has 0 heteroatoms. The molecule has 0 aliphatic heterocycles. The van der Waals surface area contributed by atoms with E-state index in [9.17, 15) is 0 Å². The average molecular weight is 274 g/mol. The monoisotopic (exact) mass is 274 g/mol. The highest BCUT2D eigenvalue weighted by atomic mass is 14.1. The van der Waals surface area contributed by atoms with E-state index in [2.05, 4.69) is 63.3 Å². The van der Waals surface area contributed by atoms with Crippen LogP contribution in [0.2, 0.25) is 0 Å². The summed E-state index contributed by atoms with van der Waals surface area (Å²) in [6, 6.07) is 6.18. The number of allylic oxidation sites excluding steroid dienone is 4. The molecule has 0 nitrogen and oxygen atoms in total. The molecule has 0 fully saturated rings. The summed E-state index contributed by atoms with van der Waals surface area (Å²) in [5.41, 5.74) is 6.17. The minimum atomic E-state index is 0.660. The topological polar surface area (TPSA) is 0 Å². The first kappa shape index (κ1) is 16.5. The van der Waals surface area contributed by atoms with E-state index >= 15 is 0 Å². The quantitative estimate of drug-likeness (QED) is 0.365. The van der Waals surface area contributed by atoms with Crippen molar-refractivity contribution in [3.63, 3.8) is 0 Å². The highest BCUT2D eigenvalue weighted by Crippen LogP contribution is 2.23. The molecule has 0 saturated carbocycles. The van der Waals surface area contributed by atoms with Gasteiger partial charge >= 0.3 is 0 Å². The first-order valence-electron chi connectivity index (χ1n) is 6.90. The number of benzene rings is 1. The Bertz CT molecular complexity index is 670. The van der Waals surface area contributed by atoms with Gasteiger partial charge in [0.15, 0.2) is 0 Å². The number of hydrogen-bond donors (Lipinski definition) is 0. The van der Waals surface area contributed by atoms with Crippen molar-refractivity contribution in [3.8, 4) is 11.8 Å². The molecule has 0 aliphatic rings. The van der Waals surface area contributed by atoms with E-state index < -0.39 is 0 Å². The third-order valence-corrected chi connectivity index (χ3v) is 3.26. The molecular weight excluding hydrogens is 252 g/mol. The van der Waals surface area contributed by atoms with Crippen molar-refractivity contribution in [1.82, 2.24) is 0 Å². The Labute approximate surface area is 128 Å². The molecule has 0 bridgehead atoms. The van der Waals surface area contributed by atoms with Gasteiger partial charge in [-0.2, -0.15) is 0 Å². The smallest absolute Gasteiger partial charge is 0.0270 e. The van der Waals surface area contributed by atoms with Gasteiger partial charge in [0.1, 0.15) is 0 Å². The van der Waals surface area contributed by atoms with Crippen LogP contribution in [-0.4, -0.2) is 0 Å². The van der Waals surface area contributed by atoms with Crippen LogP contribution in [0.15, 0.2) is 67.3 Å². The van der Waals surface area contributed by atoms with Crippen molar-refractivity contribution in [2.45, 2.75) is 20.3 Å². The lowest BCUT2D eigenvalue weighted by Crippen LogP contribution is -1.90. The lowest BCUT2D eigenvalue weighted by atomic mass is 9.95. The summed E-state index contributed by atoms with van der Waals surface area (Å²) < 4.78 is 0. The fourth-order valence-electron chi connectivity index (χ4n) is 1.93. The fourth-order valence-corrected chi connectivity index (χ4v) is 1.93. The summed E-state index contributed by atoms with van der Waals surface area (Å²) in [6.45, 7) is 19.7. The van der Waals surface area contributed by atoms with E-state index in [0.717, 1.165) is 27.8 Å². The van der Waals surface area contributed by atoms with Gasteiger partial charge in [-0.1, -0.05) is 68.0 Å². The van der Waals surface area contributed by atoms with Crippen molar-refractivity contribution in [2.24, 2.45) is 0 Å². The van der Waals surface area contributed by atoms with Crippen molar-refractivity contribution >= 4 is 12.2 Å². The van der Waals surface area contributed by atoms with E-state index in [4.69, 9.17) is 0 Å². The average Bonchev–Trinajstić information content (AvgIpc) is 2.48. The van der Waals surface area contributed by atoms with Gasteiger partial charge in [0.2, 0.25) is 0 Å². The molecule has 1 aromatic carbocycles. The molecule has 0 aromatic heterocycles. The lowest BCUT2D eigenvalue weighted by Gasteiger charge is -2.09. The largest absolute Gasteiger partial charge is 0.102 e. The number of rotatable bonds is 5. The predicted octanol–water partition coefficient (Wildman–Crippen LogP) is 5.73. The lowest BCUT2D eigenvalue weighted by molar-refractivity contribution is 1.39. The van der Waals surface area contributed by atoms with Gasteiger partial charge in [-0.05, 0) is 41.7 Å². The van der Waals surface area contributed by atoms with Gasteiger partial charge in [0, 0.05) is 12.0 Å². The van der Waals surface area contributed by atoms with E-state index in [0.29, 0.717) is 6.42 Å². The minimum Gasteiger partial charge on any atom is -0.102 e. The summed E-state index contributed by atoms with van der Waals surface area (Å²) in [5.74, 6) is 6.01. The molecule has 0 saturated heterocycles. The van der Waals surface area contributed by atoms with Crippen molar-refractivity contribution in [1.29, 1.82) is 0 Å². The van der Waals surface area contributed by atoms with Crippen LogP contribution >= 0.6 is 0 Å². The number of hydrogen-bond acceptors (Lipinski definition) is 0. The Hall–Kier alpha value is -2.52. The molecule has 0 spiro atoms. The Morgan fingerprint density at radius 3 is 2.57 bits per heavy atom. The molecular formula is C21H22. The Kier molecular flexibility index (Phi) is 6.24. The van der Waals surface area contributed by atoms with Crippen LogP contribution in [0, 0.1) is 18.8 Å². The number of aryl methyl sites for hydroxylation is 1. The molecule has 0 heterocycles. The molecule has 0 atom stereocenters. The van der Waals surface area contributed by atoms with Crippen LogP contribution in [-0.2, 0) is 0 Å². The van der Waals surface area contributed by atoms with Gasteiger partial charge < -0.3 is 0 Å². The van der Waals surface area contributed by atoms with Crippen LogP contribution in [0.4, 0.5) is 0 Å². The minimum absolute atomic E-state index is 0.660. The first-order valence-corrected chi connectivity index (χ1v) is 6.90. The van der Waals surface area contributed by atoms with E-state index in [-0.39, 0.29) is 0 Å². The van der Waals surface area contributed by atoms with Gasteiger partial charge in [0.25, 0.3) is 0 Å². The van der Waals surface area contributed by atoms with Crippen LogP contribution in [0.5, 0.6) is 0 Å². The van der Waals surface area contributed by atoms with Crippen molar-refractivity contribution in [3.05, 3.63) is 84.0 Å². The second-order valence-corrected chi connectivity index (χ2v) is 4.86. The van der Waals surface area contributed by atoms with Crippen molar-refractivity contribution in [2.75, 3.05) is 0 Å². The zero-order valence-corrected chi connectivity index (χ0v) is 13.0. The summed E-state index contributed by atoms with van der Waals surface area (Å²) in [4.78, 5) is 0. The molecule has 1 rings (SSSR count). The second-order valence-electron chi connectivity index (χ2n) is 4.86. The SMILES string of the molecule is C=CCC#CC(=C)C(=C)/C(C)=C/c1c(C)cccc1C=C. The molecule has 106 valence electrons. The van der Waals surface area contributed by atoms with Crippen LogP contribution in [0.1, 0.15) is 30.0 Å². The summed E-state index contributed by atoms with van der Waals surface area (Å²) in [7, 11) is 0. The summed E-state index contributed by atoms with van der Waals surface area (Å²) >= 11 is 0. The molecule has 0 N–H and O–H groups in total. The standard InChI is InChI=1S/C21H22/c1-7-9-10-12-16(3)19(6)18(5)15-21-17(4)13-11-14-20(21)8-2/h7-8,11,13-15H,1-3,6,9H2,4-5H3/b18-15+. The Morgan fingerprint density at radius 2 is 1.95 bits per heavy atom. The molecule has 0 radical (unpaired) electrons. The van der Waals surface area contributed by atoms with Crippen LogP contribution < -0.4 is 0 Å². The van der Waals surface area contributed by atoms with Crippen LogP contribution in [0.3, 0.4) is 0 Å². The summed E-state index contributed by atoms with van der Waals surface area (Å²) in [6.07, 6.45) is 6.42. The molecule has 1 aromatic rings. The van der Waals surface area contributed by atoms with Gasteiger partial charge in [0.05, 0.1) is 0 Å². The highest BCUT2D eigenvalue weighted by molar-refractivity contribution is 5.72. The van der Waals surface area contributed by atoms with Crippen molar-refractivity contribution < 1.29 is 0 Å². The third kappa shape index (κ3) is 4.51. The van der Waals surface area contributed by atoms with Gasteiger partial charge in [-0.3, -0.25) is 0 Å². The van der Waals surface area contributed by atoms with E-state index in [1.54, 1.807) is 6.08 Å². The molecule has 0 aliphatic carbocycles. The first-order chi connectivity index (χ1) is 10.0. The fraction of sp³-hybridized carbons (Fsp3) is 0.143.